The van der Waals surface area contributed by atoms with Gasteiger partial charge in [0.1, 0.15) is 17.2 Å². The van der Waals surface area contributed by atoms with Crippen LogP contribution in [0.25, 0.3) is 6.08 Å². The maximum Gasteiger partial charge on any atom is 0.281 e. The summed E-state index contributed by atoms with van der Waals surface area (Å²) in [6.07, 6.45) is 1.43. The van der Waals surface area contributed by atoms with Crippen molar-refractivity contribution in [2.45, 2.75) is 0 Å². The first-order valence-electron chi connectivity index (χ1n) is 8.98. The Bertz CT molecular complexity index is 964. The Kier molecular flexibility index (Phi) is 8.09. The van der Waals surface area contributed by atoms with E-state index in [-0.39, 0.29) is 22.8 Å². The van der Waals surface area contributed by atoms with E-state index in [1.807, 2.05) is 5.43 Å². The van der Waals surface area contributed by atoms with E-state index >= 15 is 0 Å². The highest BCUT2D eigenvalue weighted by Gasteiger charge is 2.20. The molecule has 0 radical (unpaired) electrons. The third-order valence-corrected chi connectivity index (χ3v) is 4.29. The molecule has 0 aromatic heterocycles. The van der Waals surface area contributed by atoms with E-state index in [1.165, 1.54) is 53.8 Å². The van der Waals surface area contributed by atoms with Crippen LogP contribution >= 0.6 is 0 Å². The number of carbonyl (C=O) groups is 2. The molecule has 0 aliphatic rings. The van der Waals surface area contributed by atoms with Crippen LogP contribution < -0.4 is 40.3 Å². The summed E-state index contributed by atoms with van der Waals surface area (Å²) in [7, 11) is 7.32. The van der Waals surface area contributed by atoms with Crippen LogP contribution in [0.2, 0.25) is 0 Å². The van der Waals surface area contributed by atoms with Crippen molar-refractivity contribution in [1.29, 1.82) is 0 Å². The lowest BCUT2D eigenvalue weighted by Crippen LogP contribution is -2.38. The van der Waals surface area contributed by atoms with Crippen LogP contribution in [0.1, 0.15) is 15.9 Å². The summed E-state index contributed by atoms with van der Waals surface area (Å²) in [5, 5.41) is 2.54. The predicted molar refractivity (Wildman–Crippen MR) is 113 cm³/mol. The molecule has 4 N–H and O–H groups in total. The van der Waals surface area contributed by atoms with Crippen LogP contribution in [0, 0.1) is 0 Å². The second-order valence-corrected chi connectivity index (χ2v) is 6.01. The zero-order valence-electron chi connectivity index (χ0n) is 17.9. The third kappa shape index (κ3) is 5.37. The number of hydrogen-bond acceptors (Lipinski definition) is 8. The van der Waals surface area contributed by atoms with E-state index in [2.05, 4.69) is 5.32 Å². The monoisotopic (exact) mass is 431 g/mol. The molecule has 2 amide bonds. The summed E-state index contributed by atoms with van der Waals surface area (Å²) in [6.45, 7) is 0. The highest BCUT2D eigenvalue weighted by atomic mass is 16.5. The number of rotatable bonds is 9. The molecule has 0 bridgehead atoms. The molecule has 0 fully saturated rings. The van der Waals surface area contributed by atoms with Gasteiger partial charge < -0.3 is 29.0 Å². The number of methoxy groups -OCH3 is 5. The van der Waals surface area contributed by atoms with Crippen molar-refractivity contribution in [3.8, 4) is 28.7 Å². The summed E-state index contributed by atoms with van der Waals surface area (Å²) in [4.78, 5) is 25.2. The molecule has 0 atom stereocenters. The van der Waals surface area contributed by atoms with Gasteiger partial charge in [-0.25, -0.2) is 5.84 Å². The SMILES string of the molecule is COc1ccc(C=C(NC(=O)c2cc(OC)c(OC)c(OC)c2)C(=O)NN)c(OC)c1. The van der Waals surface area contributed by atoms with Gasteiger partial charge in [-0.05, 0) is 30.3 Å². The predicted octanol–water partition coefficient (Wildman–Crippen LogP) is 1.49. The number of ether oxygens (including phenoxy) is 5. The van der Waals surface area contributed by atoms with Gasteiger partial charge in [-0.15, -0.1) is 0 Å². The average molecular weight is 431 g/mol. The Labute approximate surface area is 179 Å². The Balaban J connectivity index is 2.45. The van der Waals surface area contributed by atoms with E-state index in [0.717, 1.165) is 0 Å². The van der Waals surface area contributed by atoms with Crippen LogP contribution in [0.3, 0.4) is 0 Å². The zero-order chi connectivity index (χ0) is 23.0. The number of benzene rings is 2. The first-order chi connectivity index (χ1) is 14.9. The minimum Gasteiger partial charge on any atom is -0.497 e. The maximum atomic E-state index is 12.9. The van der Waals surface area contributed by atoms with Crippen LogP contribution in [0.4, 0.5) is 0 Å². The zero-order valence-corrected chi connectivity index (χ0v) is 17.9. The summed E-state index contributed by atoms with van der Waals surface area (Å²) in [5.41, 5.74) is 2.60. The first kappa shape index (κ1) is 23.4. The lowest BCUT2D eigenvalue weighted by atomic mass is 10.1. The Hall–Kier alpha value is -3.92. The normalized spacial score (nSPS) is 10.7. The number of amides is 2. The Morgan fingerprint density at radius 1 is 0.839 bits per heavy atom. The van der Waals surface area contributed by atoms with E-state index in [9.17, 15) is 9.59 Å². The van der Waals surface area contributed by atoms with Crippen molar-refractivity contribution < 1.29 is 33.3 Å². The van der Waals surface area contributed by atoms with Crippen molar-refractivity contribution >= 4 is 17.9 Å². The van der Waals surface area contributed by atoms with Crippen LogP contribution in [0.5, 0.6) is 28.7 Å². The fourth-order valence-electron chi connectivity index (χ4n) is 2.74. The van der Waals surface area contributed by atoms with E-state index < -0.39 is 11.8 Å². The fourth-order valence-corrected chi connectivity index (χ4v) is 2.74. The van der Waals surface area contributed by atoms with Gasteiger partial charge in [-0.3, -0.25) is 15.0 Å². The van der Waals surface area contributed by atoms with Gasteiger partial charge in [-0.2, -0.15) is 0 Å². The van der Waals surface area contributed by atoms with Crippen molar-refractivity contribution in [3.63, 3.8) is 0 Å². The Morgan fingerprint density at radius 2 is 1.45 bits per heavy atom. The minimum absolute atomic E-state index is 0.107. The number of hydrazine groups is 1. The number of nitrogens with one attached hydrogen (secondary N) is 2. The van der Waals surface area contributed by atoms with Crippen molar-refractivity contribution in [1.82, 2.24) is 10.7 Å². The minimum atomic E-state index is -0.710. The van der Waals surface area contributed by atoms with Crippen molar-refractivity contribution in [2.75, 3.05) is 35.5 Å². The lowest BCUT2D eigenvalue weighted by Gasteiger charge is -2.15. The molecule has 166 valence electrons. The molecular formula is C21H25N3O7. The molecule has 0 aliphatic carbocycles. The molecule has 31 heavy (non-hydrogen) atoms. The molecule has 0 spiro atoms. The highest BCUT2D eigenvalue weighted by molar-refractivity contribution is 6.05. The summed E-state index contributed by atoms with van der Waals surface area (Å²) in [5.74, 6) is 5.90. The van der Waals surface area contributed by atoms with Gasteiger partial charge in [0, 0.05) is 17.2 Å². The highest BCUT2D eigenvalue weighted by Crippen LogP contribution is 2.38. The van der Waals surface area contributed by atoms with Gasteiger partial charge in [0.15, 0.2) is 11.5 Å². The molecule has 0 saturated heterocycles. The standard InChI is InChI=1S/C21H25N3O7/c1-27-14-7-6-12(16(11-14)28-2)8-15(21(26)24-22)23-20(25)13-9-17(29-3)19(31-5)18(10-13)30-4/h6-11H,22H2,1-5H3,(H,23,25)(H,24,26). The van der Waals surface area contributed by atoms with Crippen LogP contribution in [-0.2, 0) is 4.79 Å². The average Bonchev–Trinajstić information content (AvgIpc) is 2.81. The van der Waals surface area contributed by atoms with Crippen molar-refractivity contribution in [2.24, 2.45) is 5.84 Å². The smallest absolute Gasteiger partial charge is 0.281 e. The second kappa shape index (κ2) is 10.7. The molecule has 0 unspecified atom stereocenters. The quantitative estimate of drug-likeness (QED) is 0.236. The van der Waals surface area contributed by atoms with E-state index in [1.54, 1.807) is 18.2 Å². The lowest BCUT2D eigenvalue weighted by molar-refractivity contribution is -0.117. The first-order valence-corrected chi connectivity index (χ1v) is 8.98. The van der Waals surface area contributed by atoms with E-state index in [0.29, 0.717) is 22.8 Å². The van der Waals surface area contributed by atoms with Gasteiger partial charge >= 0.3 is 0 Å². The van der Waals surface area contributed by atoms with Crippen LogP contribution in [-0.4, -0.2) is 47.4 Å². The molecule has 2 aromatic rings. The topological polar surface area (TPSA) is 130 Å². The molecule has 2 aromatic carbocycles. The summed E-state index contributed by atoms with van der Waals surface area (Å²) >= 11 is 0. The Morgan fingerprint density at radius 3 is 1.94 bits per heavy atom. The summed E-state index contributed by atoms with van der Waals surface area (Å²) < 4.78 is 26.3. The van der Waals surface area contributed by atoms with Gasteiger partial charge in [-0.1, -0.05) is 0 Å². The molecule has 10 nitrogen and oxygen atoms in total. The van der Waals surface area contributed by atoms with Gasteiger partial charge in [0.05, 0.1) is 35.5 Å². The number of hydrogen-bond donors (Lipinski definition) is 3. The van der Waals surface area contributed by atoms with E-state index in [4.69, 9.17) is 29.5 Å². The largest absolute Gasteiger partial charge is 0.497 e. The van der Waals surface area contributed by atoms with Gasteiger partial charge in [0.25, 0.3) is 11.8 Å². The maximum absolute atomic E-state index is 12.9. The molecule has 0 aliphatic heterocycles. The van der Waals surface area contributed by atoms with Crippen molar-refractivity contribution in [3.05, 3.63) is 47.2 Å². The molecule has 10 heteroatoms. The molecule has 0 saturated carbocycles. The number of nitrogens with two attached hydrogens (primary N) is 1. The third-order valence-electron chi connectivity index (χ3n) is 4.29. The fraction of sp³-hybridized carbons (Fsp3) is 0.238. The molecular weight excluding hydrogens is 406 g/mol. The number of carbonyl (C=O) groups excluding carboxylic acids is 2. The second-order valence-electron chi connectivity index (χ2n) is 6.01. The summed E-state index contributed by atoms with van der Waals surface area (Å²) in [6, 6.07) is 7.93. The van der Waals surface area contributed by atoms with Crippen LogP contribution in [0.15, 0.2) is 36.0 Å². The van der Waals surface area contributed by atoms with Gasteiger partial charge in [0.2, 0.25) is 5.75 Å². The molecule has 0 heterocycles. The molecule has 2 rings (SSSR count).